The van der Waals surface area contributed by atoms with Gasteiger partial charge in [-0.1, -0.05) is 25.2 Å². The third-order valence-corrected chi connectivity index (χ3v) is 3.56. The van der Waals surface area contributed by atoms with Crippen LogP contribution in [-0.4, -0.2) is 10.1 Å². The molecule has 0 unspecified atom stereocenters. The lowest BCUT2D eigenvalue weighted by molar-refractivity contribution is 0.471. The maximum absolute atomic E-state index is 9.79. The van der Waals surface area contributed by atoms with E-state index in [4.69, 9.17) is 5.73 Å². The number of hydrogen-bond acceptors (Lipinski definition) is 4. The Bertz CT molecular complexity index is 517. The Kier molecular flexibility index (Phi) is 2.31. The molecule has 0 saturated carbocycles. The number of nitrogens with zero attached hydrogens (tertiary/aromatic N) is 1. The monoisotopic (exact) mass is 222 g/mol. The second kappa shape index (κ2) is 3.38. The molecule has 0 amide bonds. The largest absolute Gasteiger partial charge is 0.508 e. The van der Waals surface area contributed by atoms with E-state index >= 15 is 0 Å². The lowest BCUT2D eigenvalue weighted by Crippen LogP contribution is -1.91. The van der Waals surface area contributed by atoms with Crippen molar-refractivity contribution in [2.24, 2.45) is 0 Å². The summed E-state index contributed by atoms with van der Waals surface area (Å²) in [6.07, 6.45) is 0. The number of anilines is 1. The summed E-state index contributed by atoms with van der Waals surface area (Å²) in [6, 6.07) is 1.79. The fourth-order valence-corrected chi connectivity index (χ4v) is 2.53. The van der Waals surface area contributed by atoms with Crippen LogP contribution in [-0.2, 0) is 0 Å². The molecule has 0 aliphatic carbocycles. The van der Waals surface area contributed by atoms with Crippen LogP contribution in [0.3, 0.4) is 0 Å². The Morgan fingerprint density at radius 3 is 2.73 bits per heavy atom. The van der Waals surface area contributed by atoms with Gasteiger partial charge in [0, 0.05) is 5.56 Å². The van der Waals surface area contributed by atoms with Gasteiger partial charge in [-0.3, -0.25) is 0 Å². The van der Waals surface area contributed by atoms with Crippen molar-refractivity contribution in [3.8, 4) is 5.75 Å². The van der Waals surface area contributed by atoms with E-state index in [2.05, 4.69) is 18.8 Å². The SMILES string of the molecule is Cc1c(O)cc(C(C)C)c2nc(N)sc12. The highest BCUT2D eigenvalue weighted by atomic mass is 32.1. The van der Waals surface area contributed by atoms with Gasteiger partial charge >= 0.3 is 0 Å². The van der Waals surface area contributed by atoms with E-state index in [0.29, 0.717) is 16.8 Å². The second-order valence-electron chi connectivity index (χ2n) is 3.99. The molecule has 3 nitrogen and oxygen atoms in total. The summed E-state index contributed by atoms with van der Waals surface area (Å²) in [5.41, 5.74) is 8.56. The first-order valence-electron chi connectivity index (χ1n) is 4.89. The number of hydrogen-bond donors (Lipinski definition) is 2. The molecule has 2 aromatic rings. The Morgan fingerprint density at radius 1 is 1.47 bits per heavy atom. The molecular formula is C11H14N2OS. The Balaban J connectivity index is 2.87. The predicted octanol–water partition coefficient (Wildman–Crippen LogP) is 3.02. The van der Waals surface area contributed by atoms with Crippen LogP contribution in [0.4, 0.5) is 5.13 Å². The molecule has 0 saturated heterocycles. The molecule has 4 heteroatoms. The molecule has 0 bridgehead atoms. The molecule has 0 radical (unpaired) electrons. The lowest BCUT2D eigenvalue weighted by Gasteiger charge is -2.09. The number of aromatic nitrogens is 1. The molecule has 1 aromatic carbocycles. The highest BCUT2D eigenvalue weighted by Crippen LogP contribution is 2.37. The van der Waals surface area contributed by atoms with Gasteiger partial charge in [0.15, 0.2) is 5.13 Å². The van der Waals surface area contributed by atoms with Crippen LogP contribution in [0.2, 0.25) is 0 Å². The first-order valence-corrected chi connectivity index (χ1v) is 5.70. The first-order chi connectivity index (χ1) is 7.00. The average molecular weight is 222 g/mol. The van der Waals surface area contributed by atoms with Crippen molar-refractivity contribution >= 4 is 26.7 Å². The van der Waals surface area contributed by atoms with Gasteiger partial charge in [-0.15, -0.1) is 0 Å². The predicted molar refractivity (Wildman–Crippen MR) is 64.5 cm³/mol. The zero-order chi connectivity index (χ0) is 11.2. The number of phenolic OH excluding ortho intramolecular Hbond substituents is 1. The van der Waals surface area contributed by atoms with Crippen molar-refractivity contribution in [1.29, 1.82) is 0 Å². The van der Waals surface area contributed by atoms with Crippen molar-refractivity contribution in [1.82, 2.24) is 4.98 Å². The summed E-state index contributed by atoms with van der Waals surface area (Å²) in [4.78, 5) is 4.32. The minimum atomic E-state index is 0.329. The summed E-state index contributed by atoms with van der Waals surface area (Å²) in [7, 11) is 0. The molecule has 0 spiro atoms. The third kappa shape index (κ3) is 1.55. The average Bonchev–Trinajstić information content (AvgIpc) is 2.53. The molecule has 0 aliphatic heterocycles. The van der Waals surface area contributed by atoms with Crippen LogP contribution >= 0.6 is 11.3 Å². The minimum Gasteiger partial charge on any atom is -0.508 e. The van der Waals surface area contributed by atoms with Gasteiger partial charge < -0.3 is 10.8 Å². The molecule has 1 heterocycles. The van der Waals surface area contributed by atoms with Gasteiger partial charge in [0.1, 0.15) is 5.75 Å². The van der Waals surface area contributed by atoms with Crippen LogP contribution in [0.15, 0.2) is 6.07 Å². The molecule has 0 atom stereocenters. The maximum atomic E-state index is 9.79. The number of aromatic hydroxyl groups is 1. The molecule has 2 rings (SSSR count). The zero-order valence-corrected chi connectivity index (χ0v) is 9.85. The van der Waals surface area contributed by atoms with Crippen LogP contribution in [0.25, 0.3) is 10.2 Å². The molecule has 0 aliphatic rings. The summed E-state index contributed by atoms with van der Waals surface area (Å²) < 4.78 is 0.996. The third-order valence-electron chi connectivity index (χ3n) is 2.56. The van der Waals surface area contributed by atoms with Gasteiger partial charge in [0.2, 0.25) is 0 Å². The normalized spacial score (nSPS) is 11.5. The summed E-state index contributed by atoms with van der Waals surface area (Å²) in [5.74, 6) is 0.662. The number of nitrogen functional groups attached to an aromatic ring is 1. The molecule has 0 fully saturated rings. The van der Waals surface area contributed by atoms with Crippen molar-refractivity contribution in [2.45, 2.75) is 26.7 Å². The standard InChI is InChI=1S/C11H14N2OS/c1-5(2)7-4-8(14)6(3)10-9(7)13-11(12)15-10/h4-5,14H,1-3H3,(H2,12,13). The van der Waals surface area contributed by atoms with E-state index < -0.39 is 0 Å². The fraction of sp³-hybridized carbons (Fsp3) is 0.364. The molecule has 15 heavy (non-hydrogen) atoms. The van der Waals surface area contributed by atoms with Crippen LogP contribution in [0.5, 0.6) is 5.75 Å². The highest BCUT2D eigenvalue weighted by molar-refractivity contribution is 7.22. The van der Waals surface area contributed by atoms with Crippen molar-refractivity contribution in [2.75, 3.05) is 5.73 Å². The number of aryl methyl sites for hydroxylation is 1. The van der Waals surface area contributed by atoms with Crippen LogP contribution in [0, 0.1) is 6.92 Å². The fourth-order valence-electron chi connectivity index (χ4n) is 1.67. The van der Waals surface area contributed by atoms with E-state index in [9.17, 15) is 5.11 Å². The topological polar surface area (TPSA) is 59.1 Å². The number of rotatable bonds is 1. The summed E-state index contributed by atoms with van der Waals surface area (Å²) in [6.45, 7) is 6.05. The van der Waals surface area contributed by atoms with E-state index in [1.165, 1.54) is 11.3 Å². The van der Waals surface area contributed by atoms with Gasteiger partial charge in [-0.25, -0.2) is 4.98 Å². The van der Waals surface area contributed by atoms with Gasteiger partial charge in [-0.05, 0) is 24.5 Å². The van der Waals surface area contributed by atoms with Crippen molar-refractivity contribution in [3.05, 3.63) is 17.2 Å². The lowest BCUT2D eigenvalue weighted by atomic mass is 10.00. The van der Waals surface area contributed by atoms with Crippen molar-refractivity contribution < 1.29 is 5.11 Å². The summed E-state index contributed by atoms with van der Waals surface area (Å²) >= 11 is 1.43. The Morgan fingerprint density at radius 2 is 2.13 bits per heavy atom. The number of fused-ring (bicyclic) bond motifs is 1. The molecule has 80 valence electrons. The van der Waals surface area contributed by atoms with E-state index in [1.54, 1.807) is 6.07 Å². The Hall–Kier alpha value is -1.29. The maximum Gasteiger partial charge on any atom is 0.181 e. The number of nitrogens with two attached hydrogens (primary N) is 1. The van der Waals surface area contributed by atoms with Crippen molar-refractivity contribution in [3.63, 3.8) is 0 Å². The minimum absolute atomic E-state index is 0.329. The number of benzene rings is 1. The quantitative estimate of drug-likeness (QED) is 0.779. The molecule has 3 N–H and O–H groups in total. The first kappa shape index (κ1) is 10.2. The van der Waals surface area contributed by atoms with E-state index in [-0.39, 0.29) is 0 Å². The second-order valence-corrected chi connectivity index (χ2v) is 5.03. The van der Waals surface area contributed by atoms with Crippen LogP contribution in [0.1, 0.15) is 30.9 Å². The number of thiazole rings is 1. The highest BCUT2D eigenvalue weighted by Gasteiger charge is 2.14. The van der Waals surface area contributed by atoms with Gasteiger partial charge in [0.25, 0.3) is 0 Å². The zero-order valence-electron chi connectivity index (χ0n) is 9.03. The summed E-state index contributed by atoms with van der Waals surface area (Å²) in [5, 5.41) is 10.4. The number of phenols is 1. The smallest absolute Gasteiger partial charge is 0.181 e. The van der Waals surface area contributed by atoms with Gasteiger partial charge in [0.05, 0.1) is 10.2 Å². The molecule has 1 aromatic heterocycles. The molecular weight excluding hydrogens is 208 g/mol. The van der Waals surface area contributed by atoms with E-state index in [1.807, 2.05) is 6.92 Å². The van der Waals surface area contributed by atoms with Crippen LogP contribution < -0.4 is 5.73 Å². The van der Waals surface area contributed by atoms with E-state index in [0.717, 1.165) is 21.3 Å². The Labute approximate surface area is 92.6 Å². The van der Waals surface area contributed by atoms with Gasteiger partial charge in [-0.2, -0.15) is 0 Å².